The van der Waals surface area contributed by atoms with Crippen molar-refractivity contribution in [1.82, 2.24) is 10.6 Å². The zero-order valence-electron chi connectivity index (χ0n) is 11.3. The van der Waals surface area contributed by atoms with Crippen LogP contribution in [0.2, 0.25) is 0 Å². The fourth-order valence-corrected chi connectivity index (χ4v) is 2.15. The van der Waals surface area contributed by atoms with Gasteiger partial charge in [-0.2, -0.15) is 5.26 Å². The summed E-state index contributed by atoms with van der Waals surface area (Å²) in [6, 6.07) is 10.4. The number of carbonyl (C=O) groups excluding carboxylic acids is 3. The lowest BCUT2D eigenvalue weighted by Crippen LogP contribution is -2.53. The van der Waals surface area contributed by atoms with E-state index in [0.29, 0.717) is 0 Å². The third-order valence-corrected chi connectivity index (χ3v) is 3.31. The van der Waals surface area contributed by atoms with Gasteiger partial charge in [0.1, 0.15) is 12.0 Å². The summed E-state index contributed by atoms with van der Waals surface area (Å²) < 4.78 is 0. The first-order chi connectivity index (χ1) is 10.1. The first kappa shape index (κ1) is 14.7. The van der Waals surface area contributed by atoms with Crippen molar-refractivity contribution < 1.29 is 14.4 Å². The smallest absolute Gasteiger partial charge is 0.249 e. The van der Waals surface area contributed by atoms with E-state index in [2.05, 4.69) is 10.6 Å². The highest BCUT2D eigenvalue weighted by Gasteiger charge is 2.30. The number of nitriles is 1. The first-order valence-electron chi connectivity index (χ1n) is 6.67. The van der Waals surface area contributed by atoms with Crippen LogP contribution in [0, 0.1) is 17.2 Å². The minimum Gasteiger partial charge on any atom is -0.343 e. The number of carbonyl (C=O) groups is 3. The van der Waals surface area contributed by atoms with Gasteiger partial charge in [0.15, 0.2) is 0 Å². The SMILES string of the molecule is N#CC(Cc1ccccc1)C(=O)NC1CCC(=O)NC1=O. The van der Waals surface area contributed by atoms with E-state index in [1.807, 2.05) is 36.4 Å². The molecule has 0 spiro atoms. The highest BCUT2D eigenvalue weighted by Crippen LogP contribution is 2.10. The normalized spacial score (nSPS) is 19.3. The largest absolute Gasteiger partial charge is 0.343 e. The molecule has 1 aromatic carbocycles. The van der Waals surface area contributed by atoms with Gasteiger partial charge in [-0.1, -0.05) is 30.3 Å². The fourth-order valence-electron chi connectivity index (χ4n) is 2.15. The van der Waals surface area contributed by atoms with Crippen LogP contribution in [0.3, 0.4) is 0 Å². The monoisotopic (exact) mass is 285 g/mol. The molecule has 21 heavy (non-hydrogen) atoms. The van der Waals surface area contributed by atoms with Gasteiger partial charge >= 0.3 is 0 Å². The van der Waals surface area contributed by atoms with Crippen molar-refractivity contribution in [3.63, 3.8) is 0 Å². The van der Waals surface area contributed by atoms with Gasteiger partial charge in [0.05, 0.1) is 6.07 Å². The second-order valence-electron chi connectivity index (χ2n) is 4.88. The van der Waals surface area contributed by atoms with Gasteiger partial charge in [-0.3, -0.25) is 19.7 Å². The van der Waals surface area contributed by atoms with E-state index >= 15 is 0 Å². The third kappa shape index (κ3) is 3.89. The maximum Gasteiger partial charge on any atom is 0.249 e. The van der Waals surface area contributed by atoms with E-state index in [1.54, 1.807) is 0 Å². The maximum absolute atomic E-state index is 12.1. The second kappa shape index (κ2) is 6.66. The number of benzene rings is 1. The molecule has 2 atom stereocenters. The molecule has 1 heterocycles. The van der Waals surface area contributed by atoms with Gasteiger partial charge in [0.25, 0.3) is 0 Å². The van der Waals surface area contributed by atoms with Crippen molar-refractivity contribution in [2.24, 2.45) is 5.92 Å². The van der Waals surface area contributed by atoms with Crippen molar-refractivity contribution in [3.05, 3.63) is 35.9 Å². The summed E-state index contributed by atoms with van der Waals surface area (Å²) in [5, 5.41) is 13.8. The molecule has 0 aromatic heterocycles. The van der Waals surface area contributed by atoms with E-state index in [4.69, 9.17) is 5.26 Å². The highest BCUT2D eigenvalue weighted by atomic mass is 16.2. The molecule has 0 bridgehead atoms. The predicted molar refractivity (Wildman–Crippen MR) is 73.6 cm³/mol. The van der Waals surface area contributed by atoms with Crippen LogP contribution >= 0.6 is 0 Å². The molecule has 6 nitrogen and oxygen atoms in total. The van der Waals surface area contributed by atoms with E-state index in [0.717, 1.165) is 5.56 Å². The third-order valence-electron chi connectivity index (χ3n) is 3.31. The maximum atomic E-state index is 12.1. The molecule has 0 saturated carbocycles. The van der Waals surface area contributed by atoms with Crippen LogP contribution in [0.4, 0.5) is 0 Å². The van der Waals surface area contributed by atoms with Crippen LogP contribution in [0.15, 0.2) is 30.3 Å². The second-order valence-corrected chi connectivity index (χ2v) is 4.88. The lowest BCUT2D eigenvalue weighted by molar-refractivity contribution is -0.137. The van der Waals surface area contributed by atoms with Crippen molar-refractivity contribution >= 4 is 17.7 Å². The summed E-state index contributed by atoms with van der Waals surface area (Å²) in [6.07, 6.45) is 0.739. The number of piperidine rings is 1. The summed E-state index contributed by atoms with van der Waals surface area (Å²) in [7, 11) is 0. The molecule has 1 aliphatic heterocycles. The number of amides is 3. The number of hydrogen-bond acceptors (Lipinski definition) is 4. The van der Waals surface area contributed by atoms with Gasteiger partial charge in [0, 0.05) is 6.42 Å². The summed E-state index contributed by atoms with van der Waals surface area (Å²) in [4.78, 5) is 34.7. The molecule has 0 aliphatic carbocycles. The highest BCUT2D eigenvalue weighted by molar-refractivity contribution is 6.01. The Bertz CT molecular complexity index is 592. The molecular formula is C15H15N3O3. The lowest BCUT2D eigenvalue weighted by Gasteiger charge is -2.22. The van der Waals surface area contributed by atoms with Gasteiger partial charge in [-0.25, -0.2) is 0 Å². The summed E-state index contributed by atoms with van der Waals surface area (Å²) in [5.74, 6) is -2.21. The molecule has 1 saturated heterocycles. The molecule has 2 unspecified atom stereocenters. The van der Waals surface area contributed by atoms with Crippen LogP contribution in [0.5, 0.6) is 0 Å². The van der Waals surface area contributed by atoms with Crippen LogP contribution in [-0.2, 0) is 20.8 Å². The van der Waals surface area contributed by atoms with Crippen LogP contribution in [-0.4, -0.2) is 23.8 Å². The zero-order chi connectivity index (χ0) is 15.2. The summed E-state index contributed by atoms with van der Waals surface area (Å²) in [6.45, 7) is 0. The molecule has 2 rings (SSSR count). The number of hydrogen-bond donors (Lipinski definition) is 2. The number of rotatable bonds is 4. The standard InChI is InChI=1S/C15H15N3O3/c16-9-11(8-10-4-2-1-3-5-10)14(20)17-12-6-7-13(19)18-15(12)21/h1-5,11-12H,6-8H2,(H,17,20)(H,18,19,21). The van der Waals surface area contributed by atoms with Gasteiger partial charge < -0.3 is 5.32 Å². The molecule has 1 aromatic rings. The Balaban J connectivity index is 1.96. The lowest BCUT2D eigenvalue weighted by atomic mass is 9.98. The van der Waals surface area contributed by atoms with Crippen LogP contribution in [0.25, 0.3) is 0 Å². The number of nitrogens with zero attached hydrogens (tertiary/aromatic N) is 1. The quantitative estimate of drug-likeness (QED) is 0.777. The Hall–Kier alpha value is -2.68. The zero-order valence-corrected chi connectivity index (χ0v) is 11.3. The Labute approximate surface area is 122 Å². The average Bonchev–Trinajstić information content (AvgIpc) is 2.48. The predicted octanol–water partition coefficient (Wildman–Crippen LogP) is 0.290. The van der Waals surface area contributed by atoms with E-state index in [-0.39, 0.29) is 25.2 Å². The molecular weight excluding hydrogens is 270 g/mol. The minimum atomic E-state index is -0.863. The number of imide groups is 1. The van der Waals surface area contributed by atoms with Gasteiger partial charge in [-0.05, 0) is 18.4 Å². The van der Waals surface area contributed by atoms with Crippen molar-refractivity contribution in [1.29, 1.82) is 5.26 Å². The summed E-state index contributed by atoms with van der Waals surface area (Å²) >= 11 is 0. The van der Waals surface area contributed by atoms with Gasteiger partial charge in [0.2, 0.25) is 17.7 Å². The molecule has 108 valence electrons. The molecule has 6 heteroatoms. The van der Waals surface area contributed by atoms with Crippen LogP contribution in [0.1, 0.15) is 18.4 Å². The van der Waals surface area contributed by atoms with Crippen molar-refractivity contribution in [3.8, 4) is 6.07 Å². The molecule has 1 aliphatic rings. The molecule has 3 amide bonds. The number of nitrogens with one attached hydrogen (secondary N) is 2. The fraction of sp³-hybridized carbons (Fsp3) is 0.333. The Kier molecular flexibility index (Phi) is 4.67. The van der Waals surface area contributed by atoms with E-state index in [1.165, 1.54) is 0 Å². The van der Waals surface area contributed by atoms with Crippen LogP contribution < -0.4 is 10.6 Å². The molecule has 1 fully saturated rings. The van der Waals surface area contributed by atoms with E-state index < -0.39 is 23.8 Å². The first-order valence-corrected chi connectivity index (χ1v) is 6.67. The minimum absolute atomic E-state index is 0.187. The summed E-state index contributed by atoms with van der Waals surface area (Å²) in [5.41, 5.74) is 0.877. The topological polar surface area (TPSA) is 99.1 Å². The Morgan fingerprint density at radius 1 is 1.38 bits per heavy atom. The van der Waals surface area contributed by atoms with Gasteiger partial charge in [-0.15, -0.1) is 0 Å². The van der Waals surface area contributed by atoms with E-state index in [9.17, 15) is 14.4 Å². The van der Waals surface area contributed by atoms with Crippen molar-refractivity contribution in [2.45, 2.75) is 25.3 Å². The van der Waals surface area contributed by atoms with Crippen molar-refractivity contribution in [2.75, 3.05) is 0 Å². The average molecular weight is 285 g/mol. The molecule has 2 N–H and O–H groups in total. The Morgan fingerprint density at radius 2 is 2.10 bits per heavy atom. The Morgan fingerprint density at radius 3 is 2.71 bits per heavy atom. The molecule has 0 radical (unpaired) electrons.